The van der Waals surface area contributed by atoms with E-state index in [2.05, 4.69) is 6.07 Å². The molecule has 0 aliphatic carbocycles. The molecule has 0 unspecified atom stereocenters. The van der Waals surface area contributed by atoms with Gasteiger partial charge in [-0.15, -0.1) is 0 Å². The van der Waals surface area contributed by atoms with Gasteiger partial charge in [-0.1, -0.05) is 12.1 Å². The quantitative estimate of drug-likeness (QED) is 0.751. The zero-order valence-electron chi connectivity index (χ0n) is 9.46. The molecule has 2 rings (SSSR count). The van der Waals surface area contributed by atoms with Crippen LogP contribution in [0.3, 0.4) is 0 Å². The second-order valence-electron chi connectivity index (χ2n) is 4.12. The first kappa shape index (κ1) is 11.9. The Morgan fingerprint density at radius 3 is 2.71 bits per heavy atom. The Morgan fingerprint density at radius 2 is 1.94 bits per heavy atom. The molecule has 0 bridgehead atoms. The molecule has 0 saturated carbocycles. The van der Waals surface area contributed by atoms with Crippen LogP contribution in [0.25, 0.3) is 0 Å². The summed E-state index contributed by atoms with van der Waals surface area (Å²) in [4.78, 5) is 1.99. The van der Waals surface area contributed by atoms with Crippen molar-refractivity contribution in [3.05, 3.63) is 29.8 Å². The molecule has 4 nitrogen and oxygen atoms in total. The minimum absolute atomic E-state index is 0.173. The lowest BCUT2D eigenvalue weighted by Crippen LogP contribution is -2.27. The molecule has 0 amide bonds. The van der Waals surface area contributed by atoms with Crippen LogP contribution < -0.4 is 4.90 Å². The van der Waals surface area contributed by atoms with Gasteiger partial charge in [-0.3, -0.25) is 0 Å². The third-order valence-electron chi connectivity index (χ3n) is 2.92. The van der Waals surface area contributed by atoms with Crippen molar-refractivity contribution in [1.29, 1.82) is 5.26 Å². The van der Waals surface area contributed by atoms with E-state index in [0.717, 1.165) is 5.69 Å². The number of para-hydroxylation sites is 1. The molecule has 1 aliphatic rings. The van der Waals surface area contributed by atoms with Crippen LogP contribution in [0.2, 0.25) is 0 Å². The highest BCUT2D eigenvalue weighted by atomic mass is 32.2. The van der Waals surface area contributed by atoms with E-state index < -0.39 is 9.84 Å². The summed E-state index contributed by atoms with van der Waals surface area (Å²) in [6.45, 7) is 1.17. The molecule has 5 heteroatoms. The van der Waals surface area contributed by atoms with Gasteiger partial charge in [0.15, 0.2) is 9.84 Å². The fourth-order valence-electron chi connectivity index (χ4n) is 2.02. The molecule has 1 fully saturated rings. The number of nitrogens with zero attached hydrogens (tertiary/aromatic N) is 2. The second-order valence-corrected chi connectivity index (χ2v) is 6.43. The third-order valence-corrected chi connectivity index (χ3v) is 4.64. The molecular weight excluding hydrogens is 236 g/mol. The van der Waals surface area contributed by atoms with Crippen LogP contribution in [-0.2, 0) is 9.84 Å². The molecule has 1 aromatic rings. The van der Waals surface area contributed by atoms with Gasteiger partial charge < -0.3 is 4.90 Å². The fraction of sp³-hybridized carbons (Fsp3) is 0.417. The monoisotopic (exact) mass is 250 g/mol. The number of benzene rings is 1. The summed E-state index contributed by atoms with van der Waals surface area (Å²) >= 11 is 0. The molecule has 1 aliphatic heterocycles. The van der Waals surface area contributed by atoms with Gasteiger partial charge in [0.05, 0.1) is 22.8 Å². The Hall–Kier alpha value is -1.54. The number of sulfone groups is 1. The van der Waals surface area contributed by atoms with Crippen molar-refractivity contribution < 1.29 is 8.42 Å². The van der Waals surface area contributed by atoms with Crippen molar-refractivity contribution in [1.82, 2.24) is 0 Å². The van der Waals surface area contributed by atoms with Gasteiger partial charge in [-0.25, -0.2) is 8.42 Å². The molecule has 17 heavy (non-hydrogen) atoms. The maximum atomic E-state index is 11.5. The van der Waals surface area contributed by atoms with Crippen molar-refractivity contribution in [3.8, 4) is 6.07 Å². The van der Waals surface area contributed by atoms with Crippen molar-refractivity contribution >= 4 is 15.5 Å². The number of hydrogen-bond donors (Lipinski definition) is 0. The summed E-state index contributed by atoms with van der Waals surface area (Å²) in [5.41, 5.74) is 1.44. The molecule has 90 valence electrons. The first-order valence-electron chi connectivity index (χ1n) is 5.57. The standard InChI is InChI=1S/C12H14N2O2S/c13-10-11-4-1-2-5-12(11)14-6-3-8-17(15,16)9-7-14/h1-2,4-5H,3,6-9H2. The Bertz CT molecular complexity index is 546. The molecule has 0 radical (unpaired) electrons. The van der Waals surface area contributed by atoms with E-state index in [9.17, 15) is 8.42 Å². The van der Waals surface area contributed by atoms with Gasteiger partial charge in [0.2, 0.25) is 0 Å². The predicted octanol–water partition coefficient (Wildman–Crippen LogP) is 1.18. The van der Waals surface area contributed by atoms with Crippen molar-refractivity contribution in [3.63, 3.8) is 0 Å². The van der Waals surface area contributed by atoms with E-state index in [1.165, 1.54) is 0 Å². The van der Waals surface area contributed by atoms with Gasteiger partial charge in [-0.05, 0) is 18.6 Å². The highest BCUT2D eigenvalue weighted by Gasteiger charge is 2.20. The first-order chi connectivity index (χ1) is 8.12. The van der Waals surface area contributed by atoms with Crippen LogP contribution in [0.5, 0.6) is 0 Å². The smallest absolute Gasteiger partial charge is 0.152 e. The third kappa shape index (κ3) is 2.77. The van der Waals surface area contributed by atoms with Gasteiger partial charge in [0.25, 0.3) is 0 Å². The van der Waals surface area contributed by atoms with E-state index in [4.69, 9.17) is 5.26 Å². The Kier molecular flexibility index (Phi) is 3.34. The van der Waals surface area contributed by atoms with E-state index in [0.29, 0.717) is 25.1 Å². The average Bonchev–Trinajstić information content (AvgIpc) is 2.50. The largest absolute Gasteiger partial charge is 0.369 e. The molecule has 0 aromatic heterocycles. The van der Waals surface area contributed by atoms with E-state index in [-0.39, 0.29) is 11.5 Å². The SMILES string of the molecule is N#Cc1ccccc1N1CCCS(=O)(=O)CC1. The second kappa shape index (κ2) is 4.76. The number of anilines is 1. The lowest BCUT2D eigenvalue weighted by atomic mass is 10.1. The maximum Gasteiger partial charge on any atom is 0.152 e. The topological polar surface area (TPSA) is 61.2 Å². The predicted molar refractivity (Wildman–Crippen MR) is 66.6 cm³/mol. The van der Waals surface area contributed by atoms with Crippen LogP contribution in [0, 0.1) is 11.3 Å². The van der Waals surface area contributed by atoms with Crippen molar-refractivity contribution in [2.45, 2.75) is 6.42 Å². The minimum atomic E-state index is -2.90. The summed E-state index contributed by atoms with van der Waals surface area (Å²) in [7, 11) is -2.90. The highest BCUT2D eigenvalue weighted by Crippen LogP contribution is 2.21. The zero-order chi connectivity index (χ0) is 12.3. The summed E-state index contributed by atoms with van der Waals surface area (Å²) in [6.07, 6.45) is 0.627. The molecule has 1 aromatic carbocycles. The number of rotatable bonds is 1. The lowest BCUT2D eigenvalue weighted by Gasteiger charge is -2.22. The molecule has 0 atom stereocenters. The molecule has 0 N–H and O–H groups in total. The zero-order valence-corrected chi connectivity index (χ0v) is 10.3. The Balaban J connectivity index is 2.26. The lowest BCUT2D eigenvalue weighted by molar-refractivity contribution is 0.597. The summed E-state index contributed by atoms with van der Waals surface area (Å²) in [5, 5.41) is 9.03. The van der Waals surface area contributed by atoms with E-state index in [1.54, 1.807) is 6.07 Å². The first-order valence-corrected chi connectivity index (χ1v) is 7.39. The van der Waals surface area contributed by atoms with Crippen LogP contribution in [0.15, 0.2) is 24.3 Å². The Morgan fingerprint density at radius 1 is 1.18 bits per heavy atom. The van der Waals surface area contributed by atoms with Gasteiger partial charge in [-0.2, -0.15) is 5.26 Å². The fourth-order valence-corrected chi connectivity index (χ4v) is 3.29. The van der Waals surface area contributed by atoms with E-state index >= 15 is 0 Å². The molecule has 1 heterocycles. The Labute approximate surface area is 101 Å². The normalized spacial score (nSPS) is 19.4. The van der Waals surface area contributed by atoms with Gasteiger partial charge in [0, 0.05) is 13.1 Å². The van der Waals surface area contributed by atoms with Crippen LogP contribution >= 0.6 is 0 Å². The average molecular weight is 250 g/mol. The molecular formula is C12H14N2O2S. The minimum Gasteiger partial charge on any atom is -0.369 e. The molecule has 0 spiro atoms. The highest BCUT2D eigenvalue weighted by molar-refractivity contribution is 7.91. The van der Waals surface area contributed by atoms with Crippen LogP contribution in [0.4, 0.5) is 5.69 Å². The van der Waals surface area contributed by atoms with Gasteiger partial charge >= 0.3 is 0 Å². The van der Waals surface area contributed by atoms with E-state index in [1.807, 2.05) is 23.1 Å². The summed E-state index contributed by atoms with van der Waals surface area (Å²) in [6, 6.07) is 9.46. The number of hydrogen-bond acceptors (Lipinski definition) is 4. The van der Waals surface area contributed by atoms with Crippen molar-refractivity contribution in [2.24, 2.45) is 0 Å². The van der Waals surface area contributed by atoms with Gasteiger partial charge in [0.1, 0.15) is 6.07 Å². The van der Waals surface area contributed by atoms with Crippen LogP contribution in [0.1, 0.15) is 12.0 Å². The molecule has 1 saturated heterocycles. The van der Waals surface area contributed by atoms with Crippen molar-refractivity contribution in [2.75, 3.05) is 29.5 Å². The number of nitriles is 1. The van der Waals surface area contributed by atoms with Crippen LogP contribution in [-0.4, -0.2) is 33.0 Å². The summed E-state index contributed by atoms with van der Waals surface area (Å²) < 4.78 is 23.0. The summed E-state index contributed by atoms with van der Waals surface area (Å²) in [5.74, 6) is 0.422. The maximum absolute atomic E-state index is 11.5.